The van der Waals surface area contributed by atoms with Crippen molar-refractivity contribution in [1.29, 1.82) is 0 Å². The number of hydrogen-bond acceptors (Lipinski definition) is 2. The van der Waals surface area contributed by atoms with Crippen molar-refractivity contribution < 1.29 is 4.42 Å². The van der Waals surface area contributed by atoms with Gasteiger partial charge >= 0.3 is 0 Å². The van der Waals surface area contributed by atoms with Crippen LogP contribution in [-0.4, -0.2) is 24.5 Å². The number of benzene rings is 1. The normalized spacial score (nSPS) is 11.4. The van der Waals surface area contributed by atoms with Gasteiger partial charge in [0.15, 0.2) is 0 Å². The van der Waals surface area contributed by atoms with Crippen LogP contribution < -0.4 is 0 Å². The number of halogens is 1. The molecule has 1 aromatic heterocycles. The predicted molar refractivity (Wildman–Crippen MR) is 63.3 cm³/mol. The number of hydrogen-bond donors (Lipinski definition) is 0. The molecular weight excluding hydrogens is 210 g/mol. The quantitative estimate of drug-likeness (QED) is 0.585. The summed E-state index contributed by atoms with van der Waals surface area (Å²) in [6.45, 7) is 0.951. The molecule has 3 heteroatoms. The number of rotatable bonds is 4. The number of fused-ring (bicyclic) bond motifs is 1. The second kappa shape index (κ2) is 4.69. The van der Waals surface area contributed by atoms with Crippen LogP contribution >= 0.6 is 11.6 Å². The summed E-state index contributed by atoms with van der Waals surface area (Å²) in [5, 5.41) is 1.21. The molecule has 0 amide bonds. The monoisotopic (exact) mass is 223 g/mol. The van der Waals surface area contributed by atoms with Crippen LogP contribution in [0.2, 0.25) is 0 Å². The first-order valence-electron chi connectivity index (χ1n) is 5.01. The van der Waals surface area contributed by atoms with E-state index in [0.717, 1.165) is 18.5 Å². The average Bonchev–Trinajstić information content (AvgIpc) is 2.69. The molecule has 0 saturated carbocycles. The third-order valence-corrected chi connectivity index (χ3v) is 2.94. The van der Waals surface area contributed by atoms with E-state index in [0.29, 0.717) is 6.00 Å². The molecule has 0 fully saturated rings. The standard InChI is InChI=1S/C12H14ClNO/c1-14(9-13)7-6-10-8-15-12-5-3-2-4-11(10)12/h2-5,8H,6-7,9H2,1H3. The molecule has 0 aliphatic heterocycles. The van der Waals surface area contributed by atoms with Crippen molar-refractivity contribution in [2.45, 2.75) is 6.42 Å². The fourth-order valence-corrected chi connectivity index (χ4v) is 1.72. The summed E-state index contributed by atoms with van der Waals surface area (Å²) in [7, 11) is 2.01. The van der Waals surface area contributed by atoms with Crippen molar-refractivity contribution in [3.05, 3.63) is 36.1 Å². The molecule has 15 heavy (non-hydrogen) atoms. The molecule has 0 radical (unpaired) electrons. The van der Waals surface area contributed by atoms with Crippen LogP contribution in [0.25, 0.3) is 11.0 Å². The topological polar surface area (TPSA) is 16.4 Å². The third-order valence-electron chi connectivity index (χ3n) is 2.53. The van der Waals surface area contributed by atoms with E-state index in [1.165, 1.54) is 10.9 Å². The lowest BCUT2D eigenvalue weighted by Crippen LogP contribution is -2.19. The van der Waals surface area contributed by atoms with Gasteiger partial charge < -0.3 is 4.42 Å². The largest absolute Gasteiger partial charge is 0.464 e. The minimum atomic E-state index is 0.565. The number of nitrogens with zero attached hydrogens (tertiary/aromatic N) is 1. The van der Waals surface area contributed by atoms with E-state index in [-0.39, 0.29) is 0 Å². The molecule has 1 heterocycles. The Hall–Kier alpha value is -0.990. The predicted octanol–water partition coefficient (Wildman–Crippen LogP) is 3.10. The first kappa shape index (κ1) is 10.5. The Morgan fingerprint density at radius 3 is 2.93 bits per heavy atom. The first-order valence-corrected chi connectivity index (χ1v) is 5.54. The zero-order valence-corrected chi connectivity index (χ0v) is 9.50. The summed E-state index contributed by atoms with van der Waals surface area (Å²) < 4.78 is 5.46. The van der Waals surface area contributed by atoms with Gasteiger partial charge in [-0.15, -0.1) is 11.6 Å². The van der Waals surface area contributed by atoms with Gasteiger partial charge in [0, 0.05) is 11.9 Å². The minimum absolute atomic E-state index is 0.565. The average molecular weight is 224 g/mol. The van der Waals surface area contributed by atoms with Crippen LogP contribution in [0.5, 0.6) is 0 Å². The van der Waals surface area contributed by atoms with Crippen molar-refractivity contribution >= 4 is 22.6 Å². The summed E-state index contributed by atoms with van der Waals surface area (Å²) in [6.07, 6.45) is 2.81. The molecule has 2 aromatic rings. The molecule has 0 saturated heterocycles. The van der Waals surface area contributed by atoms with E-state index in [4.69, 9.17) is 16.0 Å². The molecule has 0 unspecified atom stereocenters. The highest BCUT2D eigenvalue weighted by Gasteiger charge is 2.05. The number of para-hydroxylation sites is 1. The summed E-state index contributed by atoms with van der Waals surface area (Å²) in [6, 6.07) is 8.67. The maximum atomic E-state index is 5.71. The first-order chi connectivity index (χ1) is 7.31. The van der Waals surface area contributed by atoms with Gasteiger partial charge in [-0.05, 0) is 25.1 Å². The van der Waals surface area contributed by atoms with E-state index >= 15 is 0 Å². The van der Waals surface area contributed by atoms with Gasteiger partial charge in [0.25, 0.3) is 0 Å². The number of furan rings is 1. The molecular formula is C12H14ClNO. The van der Waals surface area contributed by atoms with Crippen molar-refractivity contribution in [1.82, 2.24) is 4.90 Å². The summed E-state index contributed by atoms with van der Waals surface area (Å²) in [5.74, 6) is 0. The fraction of sp³-hybridized carbons (Fsp3) is 0.333. The fourth-order valence-electron chi connectivity index (χ4n) is 1.60. The van der Waals surface area contributed by atoms with E-state index in [9.17, 15) is 0 Å². The van der Waals surface area contributed by atoms with Gasteiger partial charge in [0.2, 0.25) is 0 Å². The Morgan fingerprint density at radius 1 is 1.33 bits per heavy atom. The SMILES string of the molecule is CN(CCl)CCc1coc2ccccc12. The second-order valence-electron chi connectivity index (χ2n) is 3.71. The molecule has 2 rings (SSSR count). The van der Waals surface area contributed by atoms with Gasteiger partial charge in [0.05, 0.1) is 12.3 Å². The highest BCUT2D eigenvalue weighted by atomic mass is 35.5. The lowest BCUT2D eigenvalue weighted by molar-refractivity contribution is 0.393. The summed E-state index contributed by atoms with van der Waals surface area (Å²) in [4.78, 5) is 2.07. The minimum Gasteiger partial charge on any atom is -0.464 e. The molecule has 0 aliphatic rings. The van der Waals surface area contributed by atoms with E-state index < -0.39 is 0 Å². The molecule has 0 aliphatic carbocycles. The number of likely N-dealkylation sites (N-methyl/N-ethyl adjacent to an activating group) is 1. The number of alkyl halides is 1. The van der Waals surface area contributed by atoms with Crippen molar-refractivity contribution in [3.63, 3.8) is 0 Å². The van der Waals surface area contributed by atoms with Crippen LogP contribution in [0.1, 0.15) is 5.56 Å². The van der Waals surface area contributed by atoms with Crippen molar-refractivity contribution in [2.24, 2.45) is 0 Å². The van der Waals surface area contributed by atoms with E-state index in [2.05, 4.69) is 11.0 Å². The zero-order valence-electron chi connectivity index (χ0n) is 8.74. The second-order valence-corrected chi connectivity index (χ2v) is 3.95. The Bertz CT molecular complexity index is 438. The molecule has 0 spiro atoms. The highest BCUT2D eigenvalue weighted by Crippen LogP contribution is 2.20. The molecule has 2 nitrogen and oxygen atoms in total. The Balaban J connectivity index is 2.14. The van der Waals surface area contributed by atoms with Crippen LogP contribution in [0.15, 0.2) is 34.9 Å². The summed E-state index contributed by atoms with van der Waals surface area (Å²) in [5.41, 5.74) is 2.21. The molecule has 0 atom stereocenters. The smallest absolute Gasteiger partial charge is 0.134 e. The molecule has 0 N–H and O–H groups in total. The van der Waals surface area contributed by atoms with Gasteiger partial charge in [-0.2, -0.15) is 0 Å². The molecule has 0 bridgehead atoms. The lowest BCUT2D eigenvalue weighted by atomic mass is 10.1. The van der Waals surface area contributed by atoms with Crippen LogP contribution in [0.3, 0.4) is 0 Å². The van der Waals surface area contributed by atoms with E-state index in [1.54, 1.807) is 0 Å². The molecule has 1 aromatic carbocycles. The third kappa shape index (κ3) is 2.33. The van der Waals surface area contributed by atoms with Gasteiger partial charge in [-0.3, -0.25) is 4.90 Å². The Kier molecular flexibility index (Phi) is 3.29. The summed E-state index contributed by atoms with van der Waals surface area (Å²) >= 11 is 5.71. The van der Waals surface area contributed by atoms with Gasteiger partial charge in [-0.25, -0.2) is 0 Å². The maximum absolute atomic E-state index is 5.71. The van der Waals surface area contributed by atoms with Gasteiger partial charge in [-0.1, -0.05) is 18.2 Å². The molecule has 80 valence electrons. The van der Waals surface area contributed by atoms with E-state index in [1.807, 2.05) is 31.5 Å². The Morgan fingerprint density at radius 2 is 2.13 bits per heavy atom. The van der Waals surface area contributed by atoms with Crippen molar-refractivity contribution in [3.8, 4) is 0 Å². The van der Waals surface area contributed by atoms with Crippen LogP contribution in [-0.2, 0) is 6.42 Å². The van der Waals surface area contributed by atoms with Crippen LogP contribution in [0, 0.1) is 0 Å². The maximum Gasteiger partial charge on any atom is 0.134 e. The Labute approximate surface area is 94.4 Å². The van der Waals surface area contributed by atoms with Gasteiger partial charge in [0.1, 0.15) is 5.58 Å². The van der Waals surface area contributed by atoms with Crippen LogP contribution in [0.4, 0.5) is 0 Å². The lowest BCUT2D eigenvalue weighted by Gasteiger charge is -2.10. The zero-order chi connectivity index (χ0) is 10.7. The van der Waals surface area contributed by atoms with Crippen molar-refractivity contribution in [2.75, 3.05) is 19.6 Å². The highest BCUT2D eigenvalue weighted by molar-refractivity contribution is 6.17.